The van der Waals surface area contributed by atoms with Gasteiger partial charge in [0.05, 0.1) is 5.75 Å². The third kappa shape index (κ3) is 5.82. The fraction of sp³-hybridized carbons (Fsp3) is 0.273. The van der Waals surface area contributed by atoms with Crippen molar-refractivity contribution in [2.45, 2.75) is 6.42 Å². The predicted molar refractivity (Wildman–Crippen MR) is 70.6 cm³/mol. The Morgan fingerprint density at radius 2 is 2.12 bits per heavy atom. The SMILES string of the molecule is NC(=O)CSCCC(=O)Nc1cccc(N)c1. The zero-order valence-corrected chi connectivity index (χ0v) is 10.1. The van der Waals surface area contributed by atoms with E-state index in [-0.39, 0.29) is 17.6 Å². The van der Waals surface area contributed by atoms with Crippen LogP contribution in [-0.4, -0.2) is 23.3 Å². The Balaban J connectivity index is 2.27. The number of rotatable bonds is 6. The van der Waals surface area contributed by atoms with Gasteiger partial charge in [-0.3, -0.25) is 9.59 Å². The van der Waals surface area contributed by atoms with Crippen LogP contribution in [0.1, 0.15) is 6.42 Å². The second kappa shape index (κ2) is 6.80. The first kappa shape index (κ1) is 13.4. The van der Waals surface area contributed by atoms with Crippen LogP contribution in [0.3, 0.4) is 0 Å². The van der Waals surface area contributed by atoms with Gasteiger partial charge in [-0.05, 0) is 18.2 Å². The summed E-state index contributed by atoms with van der Waals surface area (Å²) < 4.78 is 0. The number of carbonyl (C=O) groups excluding carboxylic acids is 2. The van der Waals surface area contributed by atoms with E-state index in [0.29, 0.717) is 23.5 Å². The van der Waals surface area contributed by atoms with Crippen molar-refractivity contribution in [2.24, 2.45) is 5.73 Å². The van der Waals surface area contributed by atoms with Gasteiger partial charge in [0.1, 0.15) is 0 Å². The van der Waals surface area contributed by atoms with Crippen LogP contribution in [0, 0.1) is 0 Å². The van der Waals surface area contributed by atoms with Gasteiger partial charge in [-0.2, -0.15) is 11.8 Å². The molecule has 0 radical (unpaired) electrons. The molecule has 1 aromatic carbocycles. The molecule has 17 heavy (non-hydrogen) atoms. The Labute approximate surface area is 104 Å². The summed E-state index contributed by atoms with van der Waals surface area (Å²) >= 11 is 1.34. The van der Waals surface area contributed by atoms with Gasteiger partial charge >= 0.3 is 0 Å². The van der Waals surface area contributed by atoms with Crippen LogP contribution in [0.2, 0.25) is 0 Å². The molecule has 0 bridgehead atoms. The van der Waals surface area contributed by atoms with Gasteiger partial charge in [-0.15, -0.1) is 0 Å². The molecule has 1 rings (SSSR count). The lowest BCUT2D eigenvalue weighted by atomic mass is 10.3. The van der Waals surface area contributed by atoms with Gasteiger partial charge in [-0.1, -0.05) is 6.07 Å². The first-order valence-corrected chi connectivity index (χ1v) is 6.25. The van der Waals surface area contributed by atoms with Gasteiger partial charge in [0.25, 0.3) is 0 Å². The highest BCUT2D eigenvalue weighted by Gasteiger charge is 2.03. The van der Waals surface area contributed by atoms with Crippen LogP contribution in [0.15, 0.2) is 24.3 Å². The van der Waals surface area contributed by atoms with Crippen molar-refractivity contribution in [3.63, 3.8) is 0 Å². The number of nitrogens with one attached hydrogen (secondary N) is 1. The van der Waals surface area contributed by atoms with E-state index >= 15 is 0 Å². The van der Waals surface area contributed by atoms with Crippen LogP contribution in [0.25, 0.3) is 0 Å². The molecule has 0 saturated carbocycles. The predicted octanol–water partition coefficient (Wildman–Crippen LogP) is 0.816. The summed E-state index contributed by atoms with van der Waals surface area (Å²) in [4.78, 5) is 21.9. The molecular formula is C11H15N3O2S. The lowest BCUT2D eigenvalue weighted by molar-refractivity contribution is -0.116. The molecule has 0 saturated heterocycles. The largest absolute Gasteiger partial charge is 0.399 e. The normalized spacial score (nSPS) is 9.88. The minimum atomic E-state index is -0.369. The number of hydrogen-bond acceptors (Lipinski definition) is 4. The van der Waals surface area contributed by atoms with Crippen LogP contribution in [-0.2, 0) is 9.59 Å². The molecule has 2 amide bonds. The van der Waals surface area contributed by atoms with E-state index in [1.807, 2.05) is 0 Å². The molecule has 0 aliphatic rings. The van der Waals surface area contributed by atoms with Crippen LogP contribution in [0.5, 0.6) is 0 Å². The minimum Gasteiger partial charge on any atom is -0.399 e. The van der Waals surface area contributed by atoms with E-state index in [1.54, 1.807) is 24.3 Å². The third-order valence-electron chi connectivity index (χ3n) is 1.89. The number of primary amides is 1. The molecule has 0 aliphatic heterocycles. The zero-order chi connectivity index (χ0) is 12.7. The molecule has 5 N–H and O–H groups in total. The molecule has 5 nitrogen and oxygen atoms in total. The van der Waals surface area contributed by atoms with E-state index in [2.05, 4.69) is 5.32 Å². The maximum atomic E-state index is 11.5. The average molecular weight is 253 g/mol. The van der Waals surface area contributed by atoms with E-state index in [1.165, 1.54) is 11.8 Å². The molecule has 0 heterocycles. The number of carbonyl (C=O) groups is 2. The van der Waals surface area contributed by atoms with Gasteiger partial charge < -0.3 is 16.8 Å². The second-order valence-corrected chi connectivity index (χ2v) is 4.55. The molecule has 0 aliphatic carbocycles. The Hall–Kier alpha value is -1.69. The first-order chi connectivity index (χ1) is 8.08. The van der Waals surface area contributed by atoms with Gasteiger partial charge in [0.15, 0.2) is 0 Å². The summed E-state index contributed by atoms with van der Waals surface area (Å²) in [5.41, 5.74) is 11.8. The number of nitrogens with two attached hydrogens (primary N) is 2. The molecule has 0 atom stereocenters. The molecule has 0 spiro atoms. The van der Waals surface area contributed by atoms with E-state index < -0.39 is 0 Å². The number of hydrogen-bond donors (Lipinski definition) is 3. The minimum absolute atomic E-state index is 0.104. The van der Waals surface area contributed by atoms with E-state index in [9.17, 15) is 9.59 Å². The molecule has 92 valence electrons. The molecular weight excluding hydrogens is 238 g/mol. The van der Waals surface area contributed by atoms with Crippen LogP contribution >= 0.6 is 11.8 Å². The number of amides is 2. The van der Waals surface area contributed by atoms with E-state index in [0.717, 1.165) is 0 Å². The standard InChI is InChI=1S/C11H15N3O2S/c12-8-2-1-3-9(6-8)14-11(16)4-5-17-7-10(13)15/h1-3,6H,4-5,7,12H2,(H2,13,15)(H,14,16). The zero-order valence-electron chi connectivity index (χ0n) is 9.31. The van der Waals surface area contributed by atoms with Crippen molar-refractivity contribution < 1.29 is 9.59 Å². The van der Waals surface area contributed by atoms with Crippen molar-refractivity contribution in [1.82, 2.24) is 0 Å². The summed E-state index contributed by atoms with van der Waals surface area (Å²) in [6, 6.07) is 6.98. The lowest BCUT2D eigenvalue weighted by Crippen LogP contribution is -2.15. The van der Waals surface area contributed by atoms with Crippen LogP contribution < -0.4 is 16.8 Å². The highest BCUT2D eigenvalue weighted by Crippen LogP contribution is 2.12. The summed E-state index contributed by atoms with van der Waals surface area (Å²) in [5, 5.41) is 2.72. The Bertz CT molecular complexity index is 409. The number of thioether (sulfide) groups is 1. The van der Waals surface area contributed by atoms with Gasteiger partial charge in [0.2, 0.25) is 11.8 Å². The maximum Gasteiger partial charge on any atom is 0.227 e. The van der Waals surface area contributed by atoms with Crippen molar-refractivity contribution >= 4 is 35.0 Å². The Morgan fingerprint density at radius 1 is 1.35 bits per heavy atom. The monoisotopic (exact) mass is 253 g/mol. The molecule has 1 aromatic rings. The molecule has 0 fully saturated rings. The first-order valence-electron chi connectivity index (χ1n) is 5.09. The fourth-order valence-electron chi connectivity index (χ4n) is 1.18. The summed E-state index contributed by atoms with van der Waals surface area (Å²) in [6.07, 6.45) is 0.340. The average Bonchev–Trinajstić information content (AvgIpc) is 2.24. The highest BCUT2D eigenvalue weighted by molar-refractivity contribution is 7.99. The third-order valence-corrected chi connectivity index (χ3v) is 2.87. The summed E-state index contributed by atoms with van der Waals surface area (Å²) in [7, 11) is 0. The summed E-state index contributed by atoms with van der Waals surface area (Å²) in [5.74, 6) is 0.335. The van der Waals surface area contributed by atoms with Gasteiger partial charge in [-0.25, -0.2) is 0 Å². The fourth-order valence-corrected chi connectivity index (χ4v) is 1.85. The van der Waals surface area contributed by atoms with Crippen molar-refractivity contribution in [3.8, 4) is 0 Å². The maximum absolute atomic E-state index is 11.5. The quantitative estimate of drug-likeness (QED) is 0.516. The van der Waals surface area contributed by atoms with Crippen molar-refractivity contribution in [3.05, 3.63) is 24.3 Å². The number of anilines is 2. The number of nitrogen functional groups attached to an aromatic ring is 1. The van der Waals surface area contributed by atoms with Gasteiger partial charge in [0, 0.05) is 23.5 Å². The smallest absolute Gasteiger partial charge is 0.227 e. The molecule has 6 heteroatoms. The molecule has 0 aromatic heterocycles. The Kier molecular flexibility index (Phi) is 5.35. The van der Waals surface area contributed by atoms with Crippen LogP contribution in [0.4, 0.5) is 11.4 Å². The van der Waals surface area contributed by atoms with E-state index in [4.69, 9.17) is 11.5 Å². The number of benzene rings is 1. The highest BCUT2D eigenvalue weighted by atomic mass is 32.2. The summed E-state index contributed by atoms with van der Waals surface area (Å²) in [6.45, 7) is 0. The second-order valence-electron chi connectivity index (χ2n) is 3.44. The molecule has 0 unspecified atom stereocenters. The van der Waals surface area contributed by atoms with Crippen molar-refractivity contribution in [1.29, 1.82) is 0 Å². The lowest BCUT2D eigenvalue weighted by Gasteiger charge is -2.05. The topological polar surface area (TPSA) is 98.2 Å². The van der Waals surface area contributed by atoms with Crippen molar-refractivity contribution in [2.75, 3.05) is 22.6 Å². The Morgan fingerprint density at radius 3 is 2.76 bits per heavy atom.